The Balaban J connectivity index is 2.42. The summed E-state index contributed by atoms with van der Waals surface area (Å²) in [5.41, 5.74) is 2.85. The van der Waals surface area contributed by atoms with Gasteiger partial charge in [-0.1, -0.05) is 31.2 Å². The van der Waals surface area contributed by atoms with E-state index < -0.39 is 0 Å². The van der Waals surface area contributed by atoms with Crippen LogP contribution in [0.25, 0.3) is 0 Å². The van der Waals surface area contributed by atoms with Gasteiger partial charge in [0, 0.05) is 12.6 Å². The average molecular weight is 249 g/mol. The standard InChI is InChI=1S/C16H27NO/c1-4-12-17-16(13-18-5-2)11-10-15-9-7-6-8-14(15)3/h6-9,16-17H,4-5,10-13H2,1-3H3. The summed E-state index contributed by atoms with van der Waals surface area (Å²) in [7, 11) is 0. The van der Waals surface area contributed by atoms with Crippen LogP contribution in [0.3, 0.4) is 0 Å². The van der Waals surface area contributed by atoms with Gasteiger partial charge in [0.25, 0.3) is 0 Å². The van der Waals surface area contributed by atoms with Crippen molar-refractivity contribution in [3.63, 3.8) is 0 Å². The second-order valence-electron chi connectivity index (χ2n) is 4.78. The van der Waals surface area contributed by atoms with Crippen LogP contribution in [0.1, 0.15) is 37.8 Å². The van der Waals surface area contributed by atoms with E-state index >= 15 is 0 Å². The number of ether oxygens (including phenoxy) is 1. The molecule has 102 valence electrons. The Hall–Kier alpha value is -0.860. The molecule has 0 aromatic heterocycles. The first-order chi connectivity index (χ1) is 8.77. The molecule has 0 aliphatic rings. The van der Waals surface area contributed by atoms with Crippen LogP contribution in [-0.4, -0.2) is 25.8 Å². The maximum atomic E-state index is 5.55. The van der Waals surface area contributed by atoms with Gasteiger partial charge in [0.1, 0.15) is 0 Å². The molecule has 1 N–H and O–H groups in total. The van der Waals surface area contributed by atoms with Crippen molar-refractivity contribution < 1.29 is 4.74 Å². The van der Waals surface area contributed by atoms with Gasteiger partial charge in [0.2, 0.25) is 0 Å². The minimum atomic E-state index is 0.476. The monoisotopic (exact) mass is 249 g/mol. The topological polar surface area (TPSA) is 21.3 Å². The van der Waals surface area contributed by atoms with Gasteiger partial charge in [0.05, 0.1) is 6.61 Å². The highest BCUT2D eigenvalue weighted by molar-refractivity contribution is 5.25. The quantitative estimate of drug-likeness (QED) is 0.725. The summed E-state index contributed by atoms with van der Waals surface area (Å²) >= 11 is 0. The highest BCUT2D eigenvalue weighted by Gasteiger charge is 2.08. The number of nitrogens with one attached hydrogen (secondary N) is 1. The zero-order valence-electron chi connectivity index (χ0n) is 12.0. The second kappa shape index (κ2) is 9.12. The Morgan fingerprint density at radius 3 is 2.67 bits per heavy atom. The maximum Gasteiger partial charge on any atom is 0.0619 e. The molecule has 0 fully saturated rings. The number of benzene rings is 1. The van der Waals surface area contributed by atoms with E-state index in [9.17, 15) is 0 Å². The fraction of sp³-hybridized carbons (Fsp3) is 0.625. The highest BCUT2D eigenvalue weighted by atomic mass is 16.5. The molecule has 0 aliphatic heterocycles. The molecule has 18 heavy (non-hydrogen) atoms. The first kappa shape index (κ1) is 15.2. The summed E-state index contributed by atoms with van der Waals surface area (Å²) in [6, 6.07) is 9.12. The van der Waals surface area contributed by atoms with Crippen LogP contribution in [0.5, 0.6) is 0 Å². The molecule has 1 aromatic carbocycles. The molecule has 1 atom stereocenters. The molecular weight excluding hydrogens is 222 g/mol. The normalized spacial score (nSPS) is 12.6. The van der Waals surface area contributed by atoms with E-state index in [-0.39, 0.29) is 0 Å². The fourth-order valence-electron chi connectivity index (χ4n) is 2.07. The molecule has 0 amide bonds. The maximum absolute atomic E-state index is 5.55. The minimum absolute atomic E-state index is 0.476. The molecule has 2 heteroatoms. The lowest BCUT2D eigenvalue weighted by atomic mass is 10.0. The molecule has 0 saturated carbocycles. The molecule has 0 bridgehead atoms. The molecule has 1 rings (SSSR count). The zero-order chi connectivity index (χ0) is 13.2. The first-order valence-electron chi connectivity index (χ1n) is 7.13. The molecule has 1 aromatic rings. The van der Waals surface area contributed by atoms with Crippen molar-refractivity contribution in [3.05, 3.63) is 35.4 Å². The predicted octanol–water partition coefficient (Wildman–Crippen LogP) is 3.33. The minimum Gasteiger partial charge on any atom is -0.380 e. The average Bonchev–Trinajstić information content (AvgIpc) is 2.39. The lowest BCUT2D eigenvalue weighted by Crippen LogP contribution is -2.34. The van der Waals surface area contributed by atoms with E-state index in [1.807, 2.05) is 0 Å². The molecule has 0 radical (unpaired) electrons. The van der Waals surface area contributed by atoms with Crippen molar-refractivity contribution in [2.75, 3.05) is 19.8 Å². The van der Waals surface area contributed by atoms with Crippen LogP contribution in [0.15, 0.2) is 24.3 Å². The fourth-order valence-corrected chi connectivity index (χ4v) is 2.07. The summed E-state index contributed by atoms with van der Waals surface area (Å²) in [6.45, 7) is 9.14. The van der Waals surface area contributed by atoms with Crippen LogP contribution in [-0.2, 0) is 11.2 Å². The van der Waals surface area contributed by atoms with Crippen molar-refractivity contribution in [2.24, 2.45) is 0 Å². The first-order valence-corrected chi connectivity index (χ1v) is 7.13. The third-order valence-corrected chi connectivity index (χ3v) is 3.23. The second-order valence-corrected chi connectivity index (χ2v) is 4.78. The molecule has 1 unspecified atom stereocenters. The van der Waals surface area contributed by atoms with Crippen LogP contribution < -0.4 is 5.32 Å². The molecule has 0 saturated heterocycles. The van der Waals surface area contributed by atoms with E-state index in [0.717, 1.165) is 32.6 Å². The van der Waals surface area contributed by atoms with E-state index in [1.54, 1.807) is 0 Å². The largest absolute Gasteiger partial charge is 0.380 e. The third-order valence-electron chi connectivity index (χ3n) is 3.23. The lowest BCUT2D eigenvalue weighted by molar-refractivity contribution is 0.120. The summed E-state index contributed by atoms with van der Waals surface area (Å²) in [5.74, 6) is 0. The predicted molar refractivity (Wildman–Crippen MR) is 78.1 cm³/mol. The van der Waals surface area contributed by atoms with Crippen LogP contribution in [0, 0.1) is 6.92 Å². The highest BCUT2D eigenvalue weighted by Crippen LogP contribution is 2.11. The molecular formula is C16H27NO. The SMILES string of the molecule is CCCNC(CCc1ccccc1C)COCC. The summed E-state index contributed by atoms with van der Waals surface area (Å²) in [4.78, 5) is 0. The molecule has 0 aliphatic carbocycles. The number of hydrogen-bond acceptors (Lipinski definition) is 2. The Bertz CT molecular complexity index is 317. The molecule has 0 spiro atoms. The van der Waals surface area contributed by atoms with Crippen molar-refractivity contribution in [1.29, 1.82) is 0 Å². The Kier molecular flexibility index (Phi) is 7.70. The Morgan fingerprint density at radius 1 is 1.22 bits per heavy atom. The van der Waals surface area contributed by atoms with Gasteiger partial charge in [-0.05, 0) is 50.8 Å². The van der Waals surface area contributed by atoms with E-state index in [4.69, 9.17) is 4.74 Å². The zero-order valence-corrected chi connectivity index (χ0v) is 12.0. The summed E-state index contributed by atoms with van der Waals surface area (Å²) in [6.07, 6.45) is 3.44. The smallest absolute Gasteiger partial charge is 0.0619 e. The molecule has 2 nitrogen and oxygen atoms in total. The van der Waals surface area contributed by atoms with Crippen molar-refractivity contribution >= 4 is 0 Å². The van der Waals surface area contributed by atoms with Crippen LogP contribution in [0.4, 0.5) is 0 Å². The van der Waals surface area contributed by atoms with E-state index in [2.05, 4.69) is 50.4 Å². The molecule has 0 heterocycles. The van der Waals surface area contributed by atoms with Gasteiger partial charge >= 0.3 is 0 Å². The number of rotatable bonds is 9. The van der Waals surface area contributed by atoms with Gasteiger partial charge in [-0.15, -0.1) is 0 Å². The third kappa shape index (κ3) is 5.65. The summed E-state index contributed by atoms with van der Waals surface area (Å²) < 4.78 is 5.55. The van der Waals surface area contributed by atoms with Gasteiger partial charge in [-0.2, -0.15) is 0 Å². The lowest BCUT2D eigenvalue weighted by Gasteiger charge is -2.18. The number of hydrogen-bond donors (Lipinski definition) is 1. The van der Waals surface area contributed by atoms with E-state index in [1.165, 1.54) is 17.5 Å². The van der Waals surface area contributed by atoms with Gasteiger partial charge in [-0.3, -0.25) is 0 Å². The van der Waals surface area contributed by atoms with Crippen LogP contribution in [0.2, 0.25) is 0 Å². The van der Waals surface area contributed by atoms with Gasteiger partial charge in [0.15, 0.2) is 0 Å². The van der Waals surface area contributed by atoms with Crippen molar-refractivity contribution in [3.8, 4) is 0 Å². The van der Waals surface area contributed by atoms with Gasteiger partial charge in [-0.25, -0.2) is 0 Å². The Morgan fingerprint density at radius 2 is 2.00 bits per heavy atom. The van der Waals surface area contributed by atoms with Crippen LogP contribution >= 0.6 is 0 Å². The van der Waals surface area contributed by atoms with Crippen molar-refractivity contribution in [1.82, 2.24) is 5.32 Å². The number of aryl methyl sites for hydroxylation is 2. The summed E-state index contributed by atoms with van der Waals surface area (Å²) in [5, 5.41) is 3.57. The van der Waals surface area contributed by atoms with Gasteiger partial charge < -0.3 is 10.1 Å². The van der Waals surface area contributed by atoms with E-state index in [0.29, 0.717) is 6.04 Å². The van der Waals surface area contributed by atoms with Crippen molar-refractivity contribution in [2.45, 2.75) is 46.1 Å². The Labute approximate surface area is 112 Å².